The van der Waals surface area contributed by atoms with Gasteiger partial charge in [-0.05, 0) is 32.4 Å². The Hall–Kier alpha value is -1.51. The fraction of sp³-hybridized carbons (Fsp3) is 0.500. The van der Waals surface area contributed by atoms with Crippen LogP contribution in [0.1, 0.15) is 25.0 Å². The summed E-state index contributed by atoms with van der Waals surface area (Å²) in [7, 11) is 1.65. The first-order valence-electron chi connectivity index (χ1n) is 7.53. The number of nitrogens with zero attached hydrogens (tertiary/aromatic N) is 1. The quantitative estimate of drug-likeness (QED) is 0.348. The number of amides is 1. The van der Waals surface area contributed by atoms with Crippen LogP contribution in [-0.4, -0.2) is 38.6 Å². The van der Waals surface area contributed by atoms with Crippen LogP contribution < -0.4 is 20.7 Å². The Kier molecular flexibility index (Phi) is 11.2. The van der Waals surface area contributed by atoms with E-state index in [1.807, 2.05) is 39.0 Å². The van der Waals surface area contributed by atoms with Crippen molar-refractivity contribution in [1.82, 2.24) is 16.0 Å². The molecule has 0 bridgehead atoms. The van der Waals surface area contributed by atoms with Gasteiger partial charge in [-0.2, -0.15) is 0 Å². The Labute approximate surface area is 155 Å². The van der Waals surface area contributed by atoms with Gasteiger partial charge in [-0.3, -0.25) is 4.79 Å². The molecule has 0 spiro atoms. The SMILES string of the molecule is CCNC(=O)CNC(=NCc1ccc(C)cc1OC)NCC.I. The van der Waals surface area contributed by atoms with Crippen molar-refractivity contribution in [1.29, 1.82) is 0 Å². The molecule has 0 radical (unpaired) electrons. The number of aryl methyl sites for hydroxylation is 1. The fourth-order valence-electron chi connectivity index (χ4n) is 1.91. The topological polar surface area (TPSA) is 74.8 Å². The van der Waals surface area contributed by atoms with Gasteiger partial charge in [0.05, 0.1) is 20.2 Å². The number of hydrogen-bond acceptors (Lipinski definition) is 3. The molecule has 1 rings (SSSR count). The second-order valence-corrected chi connectivity index (χ2v) is 4.82. The molecular formula is C16H27IN4O2. The zero-order valence-electron chi connectivity index (χ0n) is 14.2. The molecule has 6 nitrogen and oxygen atoms in total. The van der Waals surface area contributed by atoms with Crippen molar-refractivity contribution in [3.8, 4) is 5.75 Å². The van der Waals surface area contributed by atoms with E-state index in [1.54, 1.807) is 7.11 Å². The molecule has 3 N–H and O–H groups in total. The number of carbonyl (C=O) groups excluding carboxylic acids is 1. The molecule has 0 aliphatic rings. The van der Waals surface area contributed by atoms with E-state index in [0.29, 0.717) is 19.0 Å². The molecule has 0 atom stereocenters. The minimum absolute atomic E-state index is 0. The lowest BCUT2D eigenvalue weighted by atomic mass is 10.1. The molecule has 23 heavy (non-hydrogen) atoms. The number of ether oxygens (including phenoxy) is 1. The molecule has 1 aromatic rings. The molecule has 0 aliphatic carbocycles. The lowest BCUT2D eigenvalue weighted by molar-refractivity contribution is -0.119. The molecule has 130 valence electrons. The van der Waals surface area contributed by atoms with Gasteiger partial charge in [0.1, 0.15) is 5.75 Å². The Morgan fingerprint density at radius 3 is 2.48 bits per heavy atom. The van der Waals surface area contributed by atoms with Crippen molar-refractivity contribution in [2.24, 2.45) is 4.99 Å². The fourth-order valence-corrected chi connectivity index (χ4v) is 1.91. The third-order valence-corrected chi connectivity index (χ3v) is 2.98. The van der Waals surface area contributed by atoms with Crippen LogP contribution in [0, 0.1) is 6.92 Å². The Bertz CT molecular complexity index is 521. The summed E-state index contributed by atoms with van der Waals surface area (Å²) in [4.78, 5) is 16.0. The largest absolute Gasteiger partial charge is 0.496 e. The third kappa shape index (κ3) is 8.06. The van der Waals surface area contributed by atoms with Gasteiger partial charge in [-0.25, -0.2) is 4.99 Å². The summed E-state index contributed by atoms with van der Waals surface area (Å²) in [5, 5.41) is 8.86. The second kappa shape index (κ2) is 12.0. The first kappa shape index (κ1) is 21.5. The maximum atomic E-state index is 11.5. The first-order chi connectivity index (χ1) is 10.6. The van der Waals surface area contributed by atoms with E-state index < -0.39 is 0 Å². The first-order valence-corrected chi connectivity index (χ1v) is 7.53. The van der Waals surface area contributed by atoms with Crippen LogP contribution in [0.5, 0.6) is 5.75 Å². The smallest absolute Gasteiger partial charge is 0.239 e. The number of carbonyl (C=O) groups is 1. The molecule has 0 saturated carbocycles. The van der Waals surface area contributed by atoms with Gasteiger partial charge in [0.2, 0.25) is 5.91 Å². The predicted octanol–water partition coefficient (Wildman–Crippen LogP) is 1.81. The number of aliphatic imine (C=N–C) groups is 1. The van der Waals surface area contributed by atoms with Crippen LogP contribution >= 0.6 is 24.0 Å². The number of halogens is 1. The maximum Gasteiger partial charge on any atom is 0.239 e. The highest BCUT2D eigenvalue weighted by Crippen LogP contribution is 2.20. The Morgan fingerprint density at radius 2 is 1.87 bits per heavy atom. The van der Waals surface area contributed by atoms with Crippen molar-refractivity contribution in [3.63, 3.8) is 0 Å². The van der Waals surface area contributed by atoms with E-state index in [4.69, 9.17) is 4.74 Å². The van der Waals surface area contributed by atoms with Crippen LogP contribution in [0.3, 0.4) is 0 Å². The number of likely N-dealkylation sites (N-methyl/N-ethyl adjacent to an activating group) is 1. The molecule has 0 aliphatic heterocycles. The van der Waals surface area contributed by atoms with E-state index in [1.165, 1.54) is 0 Å². The lowest BCUT2D eigenvalue weighted by Gasteiger charge is -2.12. The van der Waals surface area contributed by atoms with E-state index in [9.17, 15) is 4.79 Å². The maximum absolute atomic E-state index is 11.5. The molecular weight excluding hydrogens is 407 g/mol. The summed E-state index contributed by atoms with van der Waals surface area (Å²) >= 11 is 0. The Morgan fingerprint density at radius 1 is 1.17 bits per heavy atom. The molecule has 0 heterocycles. The summed E-state index contributed by atoms with van der Waals surface area (Å²) in [6, 6.07) is 6.02. The van der Waals surface area contributed by atoms with Crippen molar-refractivity contribution >= 4 is 35.8 Å². The zero-order valence-corrected chi connectivity index (χ0v) is 16.6. The Balaban J connectivity index is 0.00000484. The normalized spacial score (nSPS) is 10.5. The van der Waals surface area contributed by atoms with E-state index >= 15 is 0 Å². The lowest BCUT2D eigenvalue weighted by Crippen LogP contribution is -2.43. The predicted molar refractivity (Wildman–Crippen MR) is 105 cm³/mol. The van der Waals surface area contributed by atoms with Crippen LogP contribution in [0.4, 0.5) is 0 Å². The molecule has 1 amide bonds. The summed E-state index contributed by atoms with van der Waals surface area (Å²) < 4.78 is 5.37. The van der Waals surface area contributed by atoms with Gasteiger partial charge in [0, 0.05) is 18.7 Å². The van der Waals surface area contributed by atoms with Gasteiger partial charge in [-0.15, -0.1) is 24.0 Å². The summed E-state index contributed by atoms with van der Waals surface area (Å²) in [5.41, 5.74) is 2.15. The van der Waals surface area contributed by atoms with Crippen molar-refractivity contribution in [3.05, 3.63) is 29.3 Å². The van der Waals surface area contributed by atoms with E-state index in [2.05, 4.69) is 20.9 Å². The van der Waals surface area contributed by atoms with Gasteiger partial charge >= 0.3 is 0 Å². The molecule has 7 heteroatoms. The van der Waals surface area contributed by atoms with Crippen LogP contribution in [0.2, 0.25) is 0 Å². The summed E-state index contributed by atoms with van der Waals surface area (Å²) in [5.74, 6) is 1.38. The zero-order chi connectivity index (χ0) is 16.4. The number of methoxy groups -OCH3 is 1. The highest BCUT2D eigenvalue weighted by atomic mass is 127. The van der Waals surface area contributed by atoms with E-state index in [-0.39, 0.29) is 36.4 Å². The van der Waals surface area contributed by atoms with Gasteiger partial charge < -0.3 is 20.7 Å². The van der Waals surface area contributed by atoms with Crippen LogP contribution in [0.15, 0.2) is 23.2 Å². The van der Waals surface area contributed by atoms with Crippen molar-refractivity contribution in [2.45, 2.75) is 27.3 Å². The molecule has 0 saturated heterocycles. The van der Waals surface area contributed by atoms with Crippen LogP contribution in [-0.2, 0) is 11.3 Å². The number of rotatable bonds is 7. The van der Waals surface area contributed by atoms with Crippen molar-refractivity contribution in [2.75, 3.05) is 26.7 Å². The summed E-state index contributed by atoms with van der Waals surface area (Å²) in [6.45, 7) is 7.92. The molecule has 0 fully saturated rings. The standard InChI is InChI=1S/C16H26N4O2.HI/c1-5-17-15(21)11-20-16(18-6-2)19-10-13-8-7-12(3)9-14(13)22-4;/h7-9H,5-6,10-11H2,1-4H3,(H,17,21)(H2,18,19,20);1H. The molecule has 0 unspecified atom stereocenters. The third-order valence-electron chi connectivity index (χ3n) is 2.98. The minimum atomic E-state index is -0.0546. The average Bonchev–Trinajstić information content (AvgIpc) is 2.51. The minimum Gasteiger partial charge on any atom is -0.496 e. The van der Waals surface area contributed by atoms with Crippen molar-refractivity contribution < 1.29 is 9.53 Å². The van der Waals surface area contributed by atoms with Gasteiger partial charge in [0.15, 0.2) is 5.96 Å². The highest BCUT2D eigenvalue weighted by molar-refractivity contribution is 14.0. The van der Waals surface area contributed by atoms with Gasteiger partial charge in [-0.1, -0.05) is 12.1 Å². The number of nitrogens with one attached hydrogen (secondary N) is 3. The number of guanidine groups is 1. The monoisotopic (exact) mass is 434 g/mol. The number of benzene rings is 1. The highest BCUT2D eigenvalue weighted by Gasteiger charge is 2.05. The summed E-state index contributed by atoms with van der Waals surface area (Å²) in [6.07, 6.45) is 0. The molecule has 1 aromatic carbocycles. The van der Waals surface area contributed by atoms with Crippen LogP contribution in [0.25, 0.3) is 0 Å². The second-order valence-electron chi connectivity index (χ2n) is 4.82. The molecule has 0 aromatic heterocycles. The average molecular weight is 434 g/mol. The number of hydrogen-bond donors (Lipinski definition) is 3. The van der Waals surface area contributed by atoms with E-state index in [0.717, 1.165) is 23.4 Å². The van der Waals surface area contributed by atoms with Gasteiger partial charge in [0.25, 0.3) is 0 Å².